The van der Waals surface area contributed by atoms with E-state index in [1.807, 2.05) is 18.7 Å². The first-order chi connectivity index (χ1) is 16.3. The maximum Gasteiger partial charge on any atom is 0.336 e. The fourth-order valence-electron chi connectivity index (χ4n) is 4.19. The summed E-state index contributed by atoms with van der Waals surface area (Å²) in [7, 11) is 0. The molecule has 0 N–H and O–H groups in total. The Hall–Kier alpha value is -3.20. The first-order valence-corrected chi connectivity index (χ1v) is 11.7. The van der Waals surface area contributed by atoms with Gasteiger partial charge in [0, 0.05) is 36.7 Å². The van der Waals surface area contributed by atoms with E-state index < -0.39 is 22.8 Å². The van der Waals surface area contributed by atoms with Gasteiger partial charge in [0.1, 0.15) is 0 Å². The molecule has 2 rings (SSSR count). The van der Waals surface area contributed by atoms with Crippen molar-refractivity contribution >= 4 is 17.6 Å². The molecule has 0 spiro atoms. The number of esters is 2. The number of nitrogens with zero attached hydrogens (tertiary/aromatic N) is 2. The molecule has 0 aliphatic carbocycles. The molecule has 186 valence electrons. The van der Waals surface area contributed by atoms with E-state index >= 15 is 0 Å². The number of ether oxygens (including phenoxy) is 3. The zero-order valence-corrected chi connectivity index (χ0v) is 20.6. The lowest BCUT2D eigenvalue weighted by atomic mass is 9.78. The van der Waals surface area contributed by atoms with E-state index in [0.29, 0.717) is 43.0 Å². The predicted octanol–water partition coefficient (Wildman–Crippen LogP) is 4.48. The molecule has 34 heavy (non-hydrogen) atoms. The Morgan fingerprint density at radius 3 is 2.24 bits per heavy atom. The second kappa shape index (κ2) is 12.9. The number of allylic oxidation sites excluding steroid dienone is 2. The number of carbonyl (C=O) groups excluding carboxylic acids is 2. The van der Waals surface area contributed by atoms with Crippen LogP contribution in [0, 0.1) is 10.1 Å². The number of nitro groups is 1. The van der Waals surface area contributed by atoms with Crippen molar-refractivity contribution in [2.75, 3.05) is 33.0 Å². The molecule has 9 nitrogen and oxygen atoms in total. The van der Waals surface area contributed by atoms with Gasteiger partial charge in [-0.1, -0.05) is 25.5 Å². The van der Waals surface area contributed by atoms with E-state index in [-0.39, 0.29) is 24.5 Å². The van der Waals surface area contributed by atoms with E-state index in [0.717, 1.165) is 12.1 Å². The second-order valence-corrected chi connectivity index (χ2v) is 7.68. The third kappa shape index (κ3) is 6.02. The van der Waals surface area contributed by atoms with Crippen LogP contribution < -0.4 is 0 Å². The summed E-state index contributed by atoms with van der Waals surface area (Å²) in [5.74, 6) is -1.99. The minimum absolute atomic E-state index is 0.127. The molecule has 1 unspecified atom stereocenters. The van der Waals surface area contributed by atoms with E-state index in [4.69, 9.17) is 14.2 Å². The maximum absolute atomic E-state index is 13.3. The monoisotopic (exact) mass is 474 g/mol. The summed E-state index contributed by atoms with van der Waals surface area (Å²) in [6.07, 6.45) is 1.30. The molecule has 0 saturated carbocycles. The molecular formula is C25H34N2O7. The van der Waals surface area contributed by atoms with Crippen molar-refractivity contribution in [1.82, 2.24) is 4.90 Å². The van der Waals surface area contributed by atoms with Crippen LogP contribution in [0.3, 0.4) is 0 Å². The molecule has 1 aromatic rings. The van der Waals surface area contributed by atoms with E-state index in [1.165, 1.54) is 12.1 Å². The zero-order valence-electron chi connectivity index (χ0n) is 20.6. The van der Waals surface area contributed by atoms with E-state index in [1.54, 1.807) is 32.9 Å². The van der Waals surface area contributed by atoms with Crippen molar-refractivity contribution in [2.45, 2.75) is 53.4 Å². The van der Waals surface area contributed by atoms with Gasteiger partial charge in [-0.2, -0.15) is 0 Å². The normalized spacial score (nSPS) is 16.0. The van der Waals surface area contributed by atoms with Gasteiger partial charge in [-0.15, -0.1) is 0 Å². The maximum atomic E-state index is 13.3. The number of hydrogen-bond donors (Lipinski definition) is 0. The van der Waals surface area contributed by atoms with Crippen LogP contribution in [0.2, 0.25) is 0 Å². The Morgan fingerprint density at radius 1 is 1.03 bits per heavy atom. The fraction of sp³-hybridized carbons (Fsp3) is 0.520. The standard InChI is InChI=1S/C25H34N2O7/c1-6-11-20-23(25(29)34-9-4)22(18-12-10-13-19(16-18)27(30)31)21(24(28)33-8-3)17(5)26(20)14-15-32-7-2/h10,12-13,16,22H,6-9,11,14-15H2,1-5H3. The van der Waals surface area contributed by atoms with Crippen LogP contribution in [-0.4, -0.2) is 54.7 Å². The minimum atomic E-state index is -0.858. The van der Waals surface area contributed by atoms with Crippen molar-refractivity contribution in [3.63, 3.8) is 0 Å². The summed E-state index contributed by atoms with van der Waals surface area (Å²) in [4.78, 5) is 39.5. The zero-order chi connectivity index (χ0) is 25.3. The van der Waals surface area contributed by atoms with Gasteiger partial charge in [-0.25, -0.2) is 9.59 Å². The third-order valence-electron chi connectivity index (χ3n) is 5.56. The summed E-state index contributed by atoms with van der Waals surface area (Å²) >= 11 is 0. The van der Waals surface area contributed by atoms with Crippen molar-refractivity contribution in [1.29, 1.82) is 0 Å². The Balaban J connectivity index is 2.84. The molecular weight excluding hydrogens is 440 g/mol. The highest BCUT2D eigenvalue weighted by molar-refractivity contribution is 6.00. The number of rotatable bonds is 12. The molecule has 1 aliphatic heterocycles. The Kier molecular flexibility index (Phi) is 10.2. The molecule has 0 saturated heterocycles. The number of nitro benzene ring substituents is 1. The van der Waals surface area contributed by atoms with Gasteiger partial charge >= 0.3 is 11.9 Å². The van der Waals surface area contributed by atoms with Crippen molar-refractivity contribution < 1.29 is 28.7 Å². The van der Waals surface area contributed by atoms with Crippen LogP contribution in [-0.2, 0) is 23.8 Å². The van der Waals surface area contributed by atoms with E-state index in [9.17, 15) is 19.7 Å². The Labute approximate surface area is 200 Å². The average Bonchev–Trinajstić information content (AvgIpc) is 2.81. The summed E-state index contributed by atoms with van der Waals surface area (Å²) in [6.45, 7) is 10.8. The summed E-state index contributed by atoms with van der Waals surface area (Å²) < 4.78 is 16.4. The van der Waals surface area contributed by atoms with Gasteiger partial charge in [0.2, 0.25) is 0 Å². The van der Waals surface area contributed by atoms with Gasteiger partial charge in [-0.05, 0) is 39.7 Å². The summed E-state index contributed by atoms with van der Waals surface area (Å²) in [5, 5.41) is 11.5. The Morgan fingerprint density at radius 2 is 1.68 bits per heavy atom. The van der Waals surface area contributed by atoms with Crippen molar-refractivity contribution in [3.8, 4) is 0 Å². The first kappa shape index (κ1) is 27.0. The Bertz CT molecular complexity index is 968. The molecule has 0 radical (unpaired) electrons. The van der Waals surface area contributed by atoms with Gasteiger partial charge in [0.25, 0.3) is 5.69 Å². The van der Waals surface area contributed by atoms with Crippen LogP contribution in [0.15, 0.2) is 46.8 Å². The van der Waals surface area contributed by atoms with Crippen molar-refractivity contribution in [2.24, 2.45) is 0 Å². The number of hydrogen-bond acceptors (Lipinski definition) is 8. The predicted molar refractivity (Wildman–Crippen MR) is 127 cm³/mol. The third-order valence-corrected chi connectivity index (χ3v) is 5.56. The van der Waals surface area contributed by atoms with Crippen LogP contribution in [0.5, 0.6) is 0 Å². The number of benzene rings is 1. The summed E-state index contributed by atoms with van der Waals surface area (Å²) in [5.41, 5.74) is 2.25. The topological polar surface area (TPSA) is 108 Å². The molecule has 1 aromatic carbocycles. The van der Waals surface area contributed by atoms with Gasteiger partial charge in [0.15, 0.2) is 0 Å². The average molecular weight is 475 g/mol. The first-order valence-electron chi connectivity index (χ1n) is 11.7. The lowest BCUT2D eigenvalue weighted by Gasteiger charge is -2.39. The molecule has 0 fully saturated rings. The molecule has 1 aliphatic rings. The van der Waals surface area contributed by atoms with E-state index in [2.05, 4.69) is 0 Å². The van der Waals surface area contributed by atoms with Crippen LogP contribution in [0.4, 0.5) is 5.69 Å². The van der Waals surface area contributed by atoms with Crippen LogP contribution in [0.1, 0.15) is 58.9 Å². The van der Waals surface area contributed by atoms with Gasteiger partial charge < -0.3 is 19.1 Å². The SMILES string of the molecule is CCCC1=C(C(=O)OCC)C(c2cccc([N+](=O)[O-])c2)C(C(=O)OCC)=C(C)N1CCOCC. The number of carbonyl (C=O) groups is 2. The molecule has 0 amide bonds. The highest BCUT2D eigenvalue weighted by Gasteiger charge is 2.41. The molecule has 0 bridgehead atoms. The molecule has 0 aromatic heterocycles. The lowest BCUT2D eigenvalue weighted by molar-refractivity contribution is -0.384. The van der Waals surface area contributed by atoms with Crippen LogP contribution >= 0.6 is 0 Å². The minimum Gasteiger partial charge on any atom is -0.463 e. The molecule has 1 atom stereocenters. The summed E-state index contributed by atoms with van der Waals surface area (Å²) in [6, 6.07) is 6.01. The lowest BCUT2D eigenvalue weighted by Crippen LogP contribution is -2.37. The molecule has 9 heteroatoms. The quantitative estimate of drug-likeness (QED) is 0.189. The van der Waals surface area contributed by atoms with Crippen LogP contribution in [0.25, 0.3) is 0 Å². The smallest absolute Gasteiger partial charge is 0.336 e. The number of non-ortho nitro benzene ring substituents is 1. The molecule has 1 heterocycles. The highest BCUT2D eigenvalue weighted by Crippen LogP contribution is 2.44. The fourth-order valence-corrected chi connectivity index (χ4v) is 4.19. The second-order valence-electron chi connectivity index (χ2n) is 7.68. The van der Waals surface area contributed by atoms with Gasteiger partial charge in [-0.3, -0.25) is 10.1 Å². The van der Waals surface area contributed by atoms with Gasteiger partial charge in [0.05, 0.1) is 41.8 Å². The van der Waals surface area contributed by atoms with Crippen molar-refractivity contribution in [3.05, 3.63) is 62.5 Å². The highest BCUT2D eigenvalue weighted by atomic mass is 16.6. The largest absolute Gasteiger partial charge is 0.463 e.